The molecule has 0 bridgehead atoms. The van der Waals surface area contributed by atoms with Gasteiger partial charge in [0, 0.05) is 12.7 Å². The number of aromatic nitrogens is 2. The van der Waals surface area contributed by atoms with Crippen molar-refractivity contribution in [3.05, 3.63) is 52.8 Å². The van der Waals surface area contributed by atoms with E-state index in [0.29, 0.717) is 33.3 Å². The van der Waals surface area contributed by atoms with Crippen molar-refractivity contribution < 1.29 is 9.59 Å². The third-order valence-corrected chi connectivity index (χ3v) is 4.22. The molecule has 0 spiro atoms. The summed E-state index contributed by atoms with van der Waals surface area (Å²) in [5.41, 5.74) is 2.42. The van der Waals surface area contributed by atoms with Crippen molar-refractivity contribution in [1.29, 1.82) is 0 Å². The van der Waals surface area contributed by atoms with Crippen LogP contribution in [-0.2, 0) is 11.8 Å². The van der Waals surface area contributed by atoms with Crippen molar-refractivity contribution in [2.24, 2.45) is 7.05 Å². The summed E-state index contributed by atoms with van der Waals surface area (Å²) in [5, 5.41) is 3.28. The minimum Gasteiger partial charge on any atom is -0.334 e. The highest BCUT2D eigenvalue weighted by atomic mass is 35.5. The van der Waals surface area contributed by atoms with Crippen molar-refractivity contribution in [3.8, 4) is 0 Å². The Kier molecular flexibility index (Phi) is 4.42. The zero-order chi connectivity index (χ0) is 17.3. The highest BCUT2D eigenvalue weighted by Crippen LogP contribution is 2.26. The van der Waals surface area contributed by atoms with E-state index in [1.54, 1.807) is 36.7 Å². The summed E-state index contributed by atoms with van der Waals surface area (Å²) < 4.78 is 1.85. The Bertz CT molecular complexity index is 939. The van der Waals surface area contributed by atoms with Gasteiger partial charge in [-0.25, -0.2) is 14.7 Å². The third-order valence-electron chi connectivity index (χ3n) is 3.48. The van der Waals surface area contributed by atoms with Crippen LogP contribution < -0.4 is 10.2 Å². The zero-order valence-corrected chi connectivity index (χ0v) is 14.0. The predicted octanol–water partition coefficient (Wildman–Crippen LogP) is 4.08. The Balaban J connectivity index is 1.87. The van der Waals surface area contributed by atoms with Crippen molar-refractivity contribution in [3.63, 3.8) is 0 Å². The van der Waals surface area contributed by atoms with E-state index in [1.807, 2.05) is 11.6 Å². The molecule has 3 aromatic rings. The topological polar surface area (TPSA) is 67.2 Å². The summed E-state index contributed by atoms with van der Waals surface area (Å²) in [5.74, 6) is 0. The van der Waals surface area contributed by atoms with Crippen molar-refractivity contribution >= 4 is 58.1 Å². The summed E-state index contributed by atoms with van der Waals surface area (Å²) in [6.07, 6.45) is 2.10. The normalized spacial score (nSPS) is 10.6. The first-order valence-corrected chi connectivity index (χ1v) is 7.67. The Hall–Kier alpha value is -2.57. The van der Waals surface area contributed by atoms with Crippen LogP contribution in [0.4, 0.5) is 16.2 Å². The lowest BCUT2D eigenvalue weighted by Gasteiger charge is -2.16. The fourth-order valence-electron chi connectivity index (χ4n) is 2.26. The molecule has 0 saturated heterocycles. The Morgan fingerprint density at radius 1 is 1.21 bits per heavy atom. The highest BCUT2D eigenvalue weighted by molar-refractivity contribution is 6.42. The number of nitrogens with one attached hydrogen (secondary N) is 1. The van der Waals surface area contributed by atoms with Gasteiger partial charge in [0.25, 0.3) is 0 Å². The molecule has 8 heteroatoms. The van der Waals surface area contributed by atoms with E-state index in [1.165, 1.54) is 6.07 Å². The van der Waals surface area contributed by atoms with Gasteiger partial charge in [0.1, 0.15) is 0 Å². The van der Waals surface area contributed by atoms with Crippen LogP contribution >= 0.6 is 23.2 Å². The molecule has 3 rings (SSSR count). The summed E-state index contributed by atoms with van der Waals surface area (Å²) in [7, 11) is 1.86. The summed E-state index contributed by atoms with van der Waals surface area (Å²) >= 11 is 11.8. The zero-order valence-electron chi connectivity index (χ0n) is 12.5. The number of halogens is 2. The average molecular weight is 363 g/mol. The number of aryl methyl sites for hydroxylation is 1. The van der Waals surface area contributed by atoms with E-state index in [0.717, 1.165) is 10.4 Å². The maximum absolute atomic E-state index is 12.4. The summed E-state index contributed by atoms with van der Waals surface area (Å²) in [4.78, 5) is 28.9. The van der Waals surface area contributed by atoms with Crippen LogP contribution in [-0.4, -0.2) is 22.0 Å². The second-order valence-corrected chi connectivity index (χ2v) is 5.88. The number of rotatable bonds is 3. The van der Waals surface area contributed by atoms with E-state index in [-0.39, 0.29) is 0 Å². The Morgan fingerprint density at radius 2 is 2.00 bits per heavy atom. The fourth-order valence-corrected chi connectivity index (χ4v) is 2.56. The van der Waals surface area contributed by atoms with Crippen LogP contribution in [0.2, 0.25) is 10.0 Å². The van der Waals surface area contributed by atoms with Gasteiger partial charge in [-0.3, -0.25) is 4.79 Å². The molecule has 1 N–H and O–H groups in total. The molecule has 6 nitrogen and oxygen atoms in total. The monoisotopic (exact) mass is 362 g/mol. The quantitative estimate of drug-likeness (QED) is 0.713. The molecule has 0 unspecified atom stereocenters. The number of carbonyl (C=O) groups excluding carboxylic acids is 2. The third kappa shape index (κ3) is 3.06. The number of nitrogens with zero attached hydrogens (tertiary/aromatic N) is 3. The van der Waals surface area contributed by atoms with Crippen LogP contribution in [0.25, 0.3) is 11.0 Å². The molecule has 1 heterocycles. The summed E-state index contributed by atoms with van der Waals surface area (Å²) in [6, 6.07) is 9.18. The number of anilines is 2. The van der Waals surface area contributed by atoms with Crippen molar-refractivity contribution in [1.82, 2.24) is 9.55 Å². The number of imide groups is 1. The minimum absolute atomic E-state index is 0.307. The first-order valence-electron chi connectivity index (χ1n) is 6.91. The smallest absolute Gasteiger partial charge is 0.332 e. The van der Waals surface area contributed by atoms with Gasteiger partial charge in [-0.2, -0.15) is 0 Å². The van der Waals surface area contributed by atoms with Crippen molar-refractivity contribution in [2.75, 3.05) is 10.2 Å². The number of hydrogen-bond donors (Lipinski definition) is 1. The molecule has 0 aliphatic carbocycles. The number of benzene rings is 2. The van der Waals surface area contributed by atoms with Gasteiger partial charge in [0.15, 0.2) is 0 Å². The Morgan fingerprint density at radius 3 is 2.71 bits per heavy atom. The van der Waals surface area contributed by atoms with Gasteiger partial charge in [-0.15, -0.1) is 0 Å². The largest absolute Gasteiger partial charge is 0.334 e. The van der Waals surface area contributed by atoms with Gasteiger partial charge in [-0.05, 0) is 36.4 Å². The van der Waals surface area contributed by atoms with Crippen molar-refractivity contribution in [2.45, 2.75) is 0 Å². The number of fused-ring (bicyclic) bond motifs is 1. The summed E-state index contributed by atoms with van der Waals surface area (Å²) in [6.45, 7) is 0. The number of imidazole rings is 1. The molecule has 0 atom stereocenters. The van der Waals surface area contributed by atoms with E-state index in [2.05, 4.69) is 10.3 Å². The van der Waals surface area contributed by atoms with Crippen LogP contribution in [0.15, 0.2) is 42.7 Å². The maximum Gasteiger partial charge on any atom is 0.332 e. The first-order chi connectivity index (χ1) is 11.5. The lowest BCUT2D eigenvalue weighted by Crippen LogP contribution is -2.33. The van der Waals surface area contributed by atoms with Gasteiger partial charge < -0.3 is 9.88 Å². The number of hydrogen-bond acceptors (Lipinski definition) is 3. The standard InChI is InChI=1S/C16H12Cl2N4O2/c1-21-8-19-14-7-11(3-5-15(14)21)22(9-23)16(24)20-10-2-4-12(17)13(18)6-10/h2-9H,1H3,(H,20,24). The molecule has 122 valence electrons. The minimum atomic E-state index is -0.612. The molecule has 3 amide bonds. The van der Waals surface area contributed by atoms with Gasteiger partial charge in [0.05, 0.1) is 33.1 Å². The Labute approximate surface area is 147 Å². The average Bonchev–Trinajstić information content (AvgIpc) is 2.92. The maximum atomic E-state index is 12.4. The molecule has 0 saturated carbocycles. The molecule has 0 fully saturated rings. The van der Waals surface area contributed by atoms with Gasteiger partial charge >= 0.3 is 6.03 Å². The van der Waals surface area contributed by atoms with Gasteiger partial charge in [0.2, 0.25) is 6.41 Å². The van der Waals surface area contributed by atoms with Gasteiger partial charge in [-0.1, -0.05) is 23.2 Å². The highest BCUT2D eigenvalue weighted by Gasteiger charge is 2.16. The molecule has 0 radical (unpaired) electrons. The van der Waals surface area contributed by atoms with E-state index in [4.69, 9.17) is 23.2 Å². The number of amides is 3. The molecule has 0 aliphatic heterocycles. The first kappa shape index (κ1) is 16.3. The van der Waals surface area contributed by atoms with Crippen LogP contribution in [0, 0.1) is 0 Å². The van der Waals surface area contributed by atoms with E-state index < -0.39 is 6.03 Å². The fraction of sp³-hybridized carbons (Fsp3) is 0.0625. The van der Waals surface area contributed by atoms with Crippen LogP contribution in [0.1, 0.15) is 0 Å². The second kappa shape index (κ2) is 6.51. The molecule has 1 aromatic heterocycles. The lowest BCUT2D eigenvalue weighted by molar-refractivity contribution is -0.106. The van der Waals surface area contributed by atoms with E-state index in [9.17, 15) is 9.59 Å². The second-order valence-electron chi connectivity index (χ2n) is 5.06. The molecular formula is C16H12Cl2N4O2. The lowest BCUT2D eigenvalue weighted by atomic mass is 10.2. The predicted molar refractivity (Wildman–Crippen MR) is 94.7 cm³/mol. The SMILES string of the molecule is Cn1cnc2cc(N(C=O)C(=O)Nc3ccc(Cl)c(Cl)c3)ccc21. The molecule has 24 heavy (non-hydrogen) atoms. The van der Waals surface area contributed by atoms with Crippen LogP contribution in [0.3, 0.4) is 0 Å². The van der Waals surface area contributed by atoms with E-state index >= 15 is 0 Å². The molecular weight excluding hydrogens is 351 g/mol. The number of urea groups is 1. The number of carbonyl (C=O) groups is 2. The van der Waals surface area contributed by atoms with Crippen LogP contribution in [0.5, 0.6) is 0 Å². The molecule has 2 aromatic carbocycles. The molecule has 0 aliphatic rings.